The molecule has 0 bridgehead atoms. The molecule has 2 N–H and O–H groups in total. The number of piperazine rings is 1. The Morgan fingerprint density at radius 2 is 1.94 bits per heavy atom. The number of nitrogens with zero attached hydrogens (tertiary/aromatic N) is 1. The predicted octanol–water partition coefficient (Wildman–Crippen LogP) is 0.892. The van der Waals surface area contributed by atoms with Crippen LogP contribution in [0.3, 0.4) is 0 Å². The average molecular weight is 240 g/mol. The van der Waals surface area contributed by atoms with Gasteiger partial charge in [-0.25, -0.2) is 0 Å². The second kappa shape index (κ2) is 4.58. The van der Waals surface area contributed by atoms with Crippen molar-refractivity contribution >= 4 is 5.91 Å². The summed E-state index contributed by atoms with van der Waals surface area (Å²) in [7, 11) is 0. The fourth-order valence-electron chi connectivity index (χ4n) is 3.51. The van der Waals surface area contributed by atoms with E-state index in [1.807, 2.05) is 0 Å². The molecule has 0 radical (unpaired) electrons. The van der Waals surface area contributed by atoms with Crippen LogP contribution in [0.2, 0.25) is 0 Å². The lowest BCUT2D eigenvalue weighted by molar-refractivity contribution is -0.150. The highest BCUT2D eigenvalue weighted by Crippen LogP contribution is 2.39. The van der Waals surface area contributed by atoms with Crippen molar-refractivity contribution in [3.63, 3.8) is 0 Å². The van der Waals surface area contributed by atoms with Crippen molar-refractivity contribution in [2.45, 2.75) is 57.0 Å². The van der Waals surface area contributed by atoms with Crippen molar-refractivity contribution in [1.29, 1.82) is 0 Å². The van der Waals surface area contributed by atoms with E-state index in [1.54, 1.807) is 0 Å². The molecule has 0 aromatic rings. The van der Waals surface area contributed by atoms with E-state index in [1.165, 1.54) is 6.42 Å². The smallest absolute Gasteiger partial charge is 0.240 e. The average Bonchev–Trinajstić information content (AvgIpc) is 2.32. The Balaban J connectivity index is 2.31. The zero-order valence-electron chi connectivity index (χ0n) is 11.0. The van der Waals surface area contributed by atoms with Gasteiger partial charge in [0.2, 0.25) is 5.91 Å². The third kappa shape index (κ3) is 2.08. The summed E-state index contributed by atoms with van der Waals surface area (Å²) in [6.07, 6.45) is 5.32. The van der Waals surface area contributed by atoms with Gasteiger partial charge in [0.05, 0.1) is 6.61 Å². The SMILES string of the molecule is CC1(C)CNC(=O)C2(CCCCC2)N1CCO. The lowest BCUT2D eigenvalue weighted by atomic mass is 9.75. The van der Waals surface area contributed by atoms with E-state index in [9.17, 15) is 9.90 Å². The molecule has 4 heteroatoms. The number of rotatable bonds is 2. The number of carbonyl (C=O) groups excluding carboxylic acids is 1. The van der Waals surface area contributed by atoms with E-state index in [2.05, 4.69) is 24.1 Å². The van der Waals surface area contributed by atoms with Gasteiger partial charge in [-0.15, -0.1) is 0 Å². The molecule has 17 heavy (non-hydrogen) atoms. The van der Waals surface area contributed by atoms with Crippen LogP contribution >= 0.6 is 0 Å². The summed E-state index contributed by atoms with van der Waals surface area (Å²) in [5, 5.41) is 12.3. The summed E-state index contributed by atoms with van der Waals surface area (Å²) in [6.45, 7) is 5.70. The van der Waals surface area contributed by atoms with Crippen molar-refractivity contribution < 1.29 is 9.90 Å². The monoisotopic (exact) mass is 240 g/mol. The zero-order valence-corrected chi connectivity index (χ0v) is 11.0. The molecule has 0 unspecified atom stereocenters. The number of amides is 1. The minimum absolute atomic E-state index is 0.0615. The van der Waals surface area contributed by atoms with Crippen LogP contribution in [-0.4, -0.2) is 46.7 Å². The number of hydrogen-bond acceptors (Lipinski definition) is 3. The molecule has 4 nitrogen and oxygen atoms in total. The molecular formula is C13H24N2O2. The van der Waals surface area contributed by atoms with Crippen molar-refractivity contribution in [2.75, 3.05) is 19.7 Å². The molecular weight excluding hydrogens is 216 g/mol. The topological polar surface area (TPSA) is 52.6 Å². The largest absolute Gasteiger partial charge is 0.395 e. The summed E-state index contributed by atoms with van der Waals surface area (Å²) in [5.74, 6) is 0.171. The van der Waals surface area contributed by atoms with Gasteiger partial charge in [-0.2, -0.15) is 0 Å². The maximum Gasteiger partial charge on any atom is 0.240 e. The van der Waals surface area contributed by atoms with E-state index in [-0.39, 0.29) is 23.6 Å². The molecule has 1 saturated carbocycles. The minimum Gasteiger partial charge on any atom is -0.395 e. The first-order valence-electron chi connectivity index (χ1n) is 6.70. The number of carbonyl (C=O) groups is 1. The van der Waals surface area contributed by atoms with Crippen molar-refractivity contribution in [3.05, 3.63) is 0 Å². The molecule has 1 spiro atoms. The Morgan fingerprint density at radius 1 is 1.29 bits per heavy atom. The van der Waals surface area contributed by atoms with Crippen molar-refractivity contribution in [3.8, 4) is 0 Å². The zero-order chi connectivity index (χ0) is 12.5. The number of nitrogens with one attached hydrogen (secondary N) is 1. The summed E-state index contributed by atoms with van der Waals surface area (Å²) in [4.78, 5) is 14.6. The number of aliphatic hydroxyl groups excluding tert-OH is 1. The van der Waals surface area contributed by atoms with Crippen molar-refractivity contribution in [2.24, 2.45) is 0 Å². The molecule has 0 aromatic heterocycles. The van der Waals surface area contributed by atoms with Crippen molar-refractivity contribution in [1.82, 2.24) is 10.2 Å². The molecule has 2 fully saturated rings. The van der Waals surface area contributed by atoms with E-state index in [0.717, 1.165) is 25.7 Å². The fourth-order valence-corrected chi connectivity index (χ4v) is 3.51. The number of β-amino-alcohol motifs (C(OH)–C–C–N with tert-alkyl or cyclic N) is 1. The lowest BCUT2D eigenvalue weighted by Gasteiger charge is -2.55. The summed E-state index contributed by atoms with van der Waals surface area (Å²) < 4.78 is 0. The van der Waals surface area contributed by atoms with Crippen LogP contribution < -0.4 is 5.32 Å². The van der Waals surface area contributed by atoms with Gasteiger partial charge >= 0.3 is 0 Å². The predicted molar refractivity (Wildman–Crippen MR) is 66.7 cm³/mol. The molecule has 2 rings (SSSR count). The highest BCUT2D eigenvalue weighted by Gasteiger charge is 2.52. The summed E-state index contributed by atoms with van der Waals surface area (Å²) >= 11 is 0. The fraction of sp³-hybridized carbons (Fsp3) is 0.923. The second-order valence-corrected chi connectivity index (χ2v) is 5.96. The first-order chi connectivity index (χ1) is 8.03. The van der Waals surface area contributed by atoms with Gasteiger partial charge in [-0.3, -0.25) is 9.69 Å². The third-order valence-electron chi connectivity index (χ3n) is 4.36. The number of aliphatic hydroxyl groups is 1. The Kier molecular flexibility index (Phi) is 3.46. The quantitative estimate of drug-likeness (QED) is 0.754. The standard InChI is InChI=1S/C13H24N2O2/c1-12(2)10-14-11(17)13(15(12)8-9-16)6-4-3-5-7-13/h16H,3-10H2,1-2H3,(H,14,17). The highest BCUT2D eigenvalue weighted by molar-refractivity contribution is 5.87. The molecule has 1 amide bonds. The normalized spacial score (nSPS) is 28.1. The first-order valence-corrected chi connectivity index (χ1v) is 6.70. The van der Waals surface area contributed by atoms with Crippen LogP contribution in [-0.2, 0) is 4.79 Å². The maximum absolute atomic E-state index is 12.3. The summed E-state index contributed by atoms with van der Waals surface area (Å²) in [5.41, 5.74) is -0.420. The summed E-state index contributed by atoms with van der Waals surface area (Å²) in [6, 6.07) is 0. The first kappa shape index (κ1) is 12.8. The minimum atomic E-state index is -0.358. The van der Waals surface area contributed by atoms with Crippen LogP contribution in [0.4, 0.5) is 0 Å². The molecule has 1 aliphatic carbocycles. The Hall–Kier alpha value is -0.610. The highest BCUT2D eigenvalue weighted by atomic mass is 16.3. The number of hydrogen-bond donors (Lipinski definition) is 2. The Labute approximate surface area is 103 Å². The Morgan fingerprint density at radius 3 is 2.53 bits per heavy atom. The molecule has 1 saturated heterocycles. The van der Waals surface area contributed by atoms with Crippen LogP contribution in [0.1, 0.15) is 46.0 Å². The van der Waals surface area contributed by atoms with Gasteiger partial charge in [0.25, 0.3) is 0 Å². The van der Waals surface area contributed by atoms with Crippen LogP contribution in [0, 0.1) is 0 Å². The van der Waals surface area contributed by atoms with Gasteiger partial charge in [0.15, 0.2) is 0 Å². The molecule has 0 atom stereocenters. The van der Waals surface area contributed by atoms with Gasteiger partial charge < -0.3 is 10.4 Å². The Bertz CT molecular complexity index is 296. The van der Waals surface area contributed by atoms with E-state index in [4.69, 9.17) is 0 Å². The lowest BCUT2D eigenvalue weighted by Crippen LogP contribution is -2.73. The molecule has 98 valence electrons. The van der Waals surface area contributed by atoms with Gasteiger partial charge in [0, 0.05) is 18.6 Å². The third-order valence-corrected chi connectivity index (χ3v) is 4.36. The molecule has 1 aliphatic heterocycles. The maximum atomic E-state index is 12.3. The van der Waals surface area contributed by atoms with Crippen LogP contribution in [0.25, 0.3) is 0 Å². The van der Waals surface area contributed by atoms with E-state index >= 15 is 0 Å². The molecule has 1 heterocycles. The van der Waals surface area contributed by atoms with Gasteiger partial charge in [-0.05, 0) is 26.7 Å². The molecule has 2 aliphatic rings. The van der Waals surface area contributed by atoms with E-state index < -0.39 is 0 Å². The van der Waals surface area contributed by atoms with Gasteiger partial charge in [-0.1, -0.05) is 19.3 Å². The second-order valence-electron chi connectivity index (χ2n) is 5.96. The van der Waals surface area contributed by atoms with Crippen LogP contribution in [0.5, 0.6) is 0 Å². The van der Waals surface area contributed by atoms with E-state index in [0.29, 0.717) is 13.1 Å². The van der Waals surface area contributed by atoms with Gasteiger partial charge in [0.1, 0.15) is 5.54 Å². The molecule has 0 aromatic carbocycles. The van der Waals surface area contributed by atoms with Crippen LogP contribution in [0.15, 0.2) is 0 Å².